The summed E-state index contributed by atoms with van der Waals surface area (Å²) in [6.45, 7) is 7.39. The summed E-state index contributed by atoms with van der Waals surface area (Å²) in [6.07, 6.45) is 4.18. The molecule has 0 fully saturated rings. The van der Waals surface area contributed by atoms with Crippen LogP contribution in [0.4, 0.5) is 5.69 Å². The Morgan fingerprint density at radius 2 is 1.70 bits per heavy atom. The minimum absolute atomic E-state index is 0.931. The fourth-order valence-corrected chi connectivity index (χ4v) is 3.96. The van der Waals surface area contributed by atoms with Gasteiger partial charge in [0, 0.05) is 70.6 Å². The molecule has 0 unspecified atom stereocenters. The molecular formula is C23H28N4. The van der Waals surface area contributed by atoms with Crippen LogP contribution in [0.15, 0.2) is 48.8 Å². The van der Waals surface area contributed by atoms with Gasteiger partial charge in [0.2, 0.25) is 0 Å². The van der Waals surface area contributed by atoms with Crippen molar-refractivity contribution in [3.05, 3.63) is 54.4 Å². The second-order valence-corrected chi connectivity index (χ2v) is 7.47. The van der Waals surface area contributed by atoms with E-state index in [1.54, 1.807) is 0 Å². The molecule has 0 aliphatic carbocycles. The van der Waals surface area contributed by atoms with E-state index >= 15 is 0 Å². The van der Waals surface area contributed by atoms with Gasteiger partial charge in [-0.15, -0.1) is 0 Å². The first kappa shape index (κ1) is 17.7. The minimum atomic E-state index is 0.931. The highest BCUT2D eigenvalue weighted by atomic mass is 15.1. The Hall–Kier alpha value is -2.72. The number of benzene rings is 2. The van der Waals surface area contributed by atoms with E-state index in [4.69, 9.17) is 0 Å². The second kappa shape index (κ2) is 7.12. The first-order valence-electron chi connectivity index (χ1n) is 9.71. The zero-order chi connectivity index (χ0) is 19.0. The van der Waals surface area contributed by atoms with E-state index in [1.807, 2.05) is 0 Å². The molecule has 0 radical (unpaired) electrons. The monoisotopic (exact) mass is 360 g/mol. The van der Waals surface area contributed by atoms with Gasteiger partial charge < -0.3 is 19.8 Å². The molecule has 0 spiro atoms. The summed E-state index contributed by atoms with van der Waals surface area (Å²) < 4.78 is 0. The molecule has 0 amide bonds. The van der Waals surface area contributed by atoms with Crippen molar-refractivity contribution in [2.75, 3.05) is 32.1 Å². The van der Waals surface area contributed by atoms with Gasteiger partial charge in [0.1, 0.15) is 0 Å². The lowest BCUT2D eigenvalue weighted by Gasteiger charge is -2.20. The van der Waals surface area contributed by atoms with Crippen molar-refractivity contribution < 1.29 is 0 Å². The molecule has 2 aromatic carbocycles. The van der Waals surface area contributed by atoms with E-state index < -0.39 is 0 Å². The number of nitrogens with one attached hydrogen (secondary N) is 2. The number of H-pyrrole nitrogens is 2. The molecule has 0 aliphatic rings. The Morgan fingerprint density at radius 3 is 2.44 bits per heavy atom. The smallest absolute Gasteiger partial charge is 0.0471 e. The molecule has 140 valence electrons. The van der Waals surface area contributed by atoms with Crippen LogP contribution in [-0.4, -0.2) is 42.1 Å². The topological polar surface area (TPSA) is 38.1 Å². The van der Waals surface area contributed by atoms with Crippen LogP contribution in [0.3, 0.4) is 0 Å². The zero-order valence-corrected chi connectivity index (χ0v) is 16.6. The first-order valence-corrected chi connectivity index (χ1v) is 9.71. The Morgan fingerprint density at radius 1 is 0.889 bits per heavy atom. The van der Waals surface area contributed by atoms with Gasteiger partial charge in [0.25, 0.3) is 0 Å². The number of rotatable bonds is 6. The number of fused-ring (bicyclic) bond motifs is 2. The van der Waals surface area contributed by atoms with Gasteiger partial charge in [0.05, 0.1) is 0 Å². The van der Waals surface area contributed by atoms with Crippen molar-refractivity contribution in [3.63, 3.8) is 0 Å². The number of nitrogens with zero attached hydrogens (tertiary/aromatic N) is 2. The van der Waals surface area contributed by atoms with E-state index in [1.165, 1.54) is 44.2 Å². The number of aromatic nitrogens is 2. The summed E-state index contributed by atoms with van der Waals surface area (Å²) in [5.74, 6) is 0. The summed E-state index contributed by atoms with van der Waals surface area (Å²) >= 11 is 0. The van der Waals surface area contributed by atoms with Gasteiger partial charge in [-0.3, -0.25) is 0 Å². The van der Waals surface area contributed by atoms with Crippen LogP contribution < -0.4 is 4.90 Å². The maximum Gasteiger partial charge on any atom is 0.0471 e. The predicted molar refractivity (Wildman–Crippen MR) is 117 cm³/mol. The summed E-state index contributed by atoms with van der Waals surface area (Å²) in [6, 6.07) is 13.6. The van der Waals surface area contributed by atoms with Crippen molar-refractivity contribution in [1.82, 2.24) is 14.9 Å². The molecule has 0 aliphatic heterocycles. The van der Waals surface area contributed by atoms with Gasteiger partial charge in [-0.1, -0.05) is 0 Å². The third-order valence-electron chi connectivity index (χ3n) is 5.26. The van der Waals surface area contributed by atoms with Crippen molar-refractivity contribution in [2.24, 2.45) is 0 Å². The average Bonchev–Trinajstić information content (AvgIpc) is 3.27. The van der Waals surface area contributed by atoms with Gasteiger partial charge in [-0.05, 0) is 69.9 Å². The normalized spacial score (nSPS) is 11.7. The molecular weight excluding hydrogens is 332 g/mol. The number of hydrogen-bond donors (Lipinski definition) is 2. The second-order valence-electron chi connectivity index (χ2n) is 7.47. The standard InChI is InChI=1S/C23H28N4/c1-5-27(6-2)19-7-8-22-17(11-19)12-23(25-22)20-10-16(15-26(3)4)9-18-13-24-14-21(18)20/h7-14,24-25H,5-6,15H2,1-4H3. The average molecular weight is 361 g/mol. The van der Waals surface area contributed by atoms with Crippen LogP contribution in [0.5, 0.6) is 0 Å². The van der Waals surface area contributed by atoms with E-state index in [-0.39, 0.29) is 0 Å². The molecule has 4 aromatic rings. The summed E-state index contributed by atoms with van der Waals surface area (Å²) in [4.78, 5) is 11.5. The number of anilines is 1. The Bertz CT molecular complexity index is 1070. The molecule has 2 N–H and O–H groups in total. The third kappa shape index (κ3) is 3.33. The van der Waals surface area contributed by atoms with Crippen molar-refractivity contribution in [2.45, 2.75) is 20.4 Å². The minimum Gasteiger partial charge on any atom is -0.372 e. The van der Waals surface area contributed by atoms with E-state index in [0.717, 1.165) is 19.6 Å². The van der Waals surface area contributed by atoms with Gasteiger partial charge in [0.15, 0.2) is 0 Å². The highest BCUT2D eigenvalue weighted by molar-refractivity contribution is 5.99. The maximum absolute atomic E-state index is 3.63. The van der Waals surface area contributed by atoms with Gasteiger partial charge in [-0.25, -0.2) is 0 Å². The SMILES string of the molecule is CCN(CC)c1ccc2[nH]c(-c3cc(CN(C)C)cc4c[nH]cc34)cc2c1. The van der Waals surface area contributed by atoms with Crippen LogP contribution in [0.2, 0.25) is 0 Å². The highest BCUT2D eigenvalue weighted by Crippen LogP contribution is 2.33. The highest BCUT2D eigenvalue weighted by Gasteiger charge is 2.12. The molecule has 0 saturated heterocycles. The molecule has 2 aromatic heterocycles. The molecule has 0 bridgehead atoms. The molecule has 27 heavy (non-hydrogen) atoms. The molecule has 2 heterocycles. The fraction of sp³-hybridized carbons (Fsp3) is 0.304. The van der Waals surface area contributed by atoms with Crippen LogP contribution in [0.25, 0.3) is 32.9 Å². The lowest BCUT2D eigenvalue weighted by molar-refractivity contribution is 0.403. The molecule has 4 nitrogen and oxygen atoms in total. The van der Waals surface area contributed by atoms with E-state index in [9.17, 15) is 0 Å². The fourth-order valence-electron chi connectivity index (χ4n) is 3.96. The molecule has 4 heteroatoms. The molecule has 4 rings (SSSR count). The van der Waals surface area contributed by atoms with Gasteiger partial charge >= 0.3 is 0 Å². The van der Waals surface area contributed by atoms with E-state index in [2.05, 4.69) is 96.5 Å². The van der Waals surface area contributed by atoms with Crippen molar-refractivity contribution in [1.29, 1.82) is 0 Å². The van der Waals surface area contributed by atoms with Gasteiger partial charge in [-0.2, -0.15) is 0 Å². The summed E-state index contributed by atoms with van der Waals surface area (Å²) in [7, 11) is 4.22. The van der Waals surface area contributed by atoms with E-state index in [0.29, 0.717) is 0 Å². The maximum atomic E-state index is 3.63. The predicted octanol–water partition coefficient (Wildman–Crippen LogP) is 5.22. The first-order chi connectivity index (χ1) is 13.1. The lowest BCUT2D eigenvalue weighted by atomic mass is 10.0. The Balaban J connectivity index is 1.83. The Kier molecular flexibility index (Phi) is 4.66. The lowest BCUT2D eigenvalue weighted by Crippen LogP contribution is -2.21. The third-order valence-corrected chi connectivity index (χ3v) is 5.26. The molecule has 0 saturated carbocycles. The Labute approximate surface area is 160 Å². The molecule has 0 atom stereocenters. The van der Waals surface area contributed by atoms with Crippen LogP contribution >= 0.6 is 0 Å². The largest absolute Gasteiger partial charge is 0.372 e. The van der Waals surface area contributed by atoms with Crippen LogP contribution in [-0.2, 0) is 6.54 Å². The zero-order valence-electron chi connectivity index (χ0n) is 16.6. The number of aromatic amines is 2. The van der Waals surface area contributed by atoms with Crippen LogP contribution in [0.1, 0.15) is 19.4 Å². The van der Waals surface area contributed by atoms with Crippen molar-refractivity contribution >= 4 is 27.4 Å². The van der Waals surface area contributed by atoms with Crippen LogP contribution in [0, 0.1) is 0 Å². The summed E-state index contributed by atoms with van der Waals surface area (Å²) in [5.41, 5.74) is 6.22. The van der Waals surface area contributed by atoms with Crippen molar-refractivity contribution in [3.8, 4) is 11.3 Å². The quantitative estimate of drug-likeness (QED) is 0.494. The summed E-state index contributed by atoms with van der Waals surface area (Å²) in [5, 5.41) is 3.77. The number of hydrogen-bond acceptors (Lipinski definition) is 2.